The third kappa shape index (κ3) is 5.39. The van der Waals surface area contributed by atoms with E-state index in [2.05, 4.69) is 14.1 Å². The molecule has 1 saturated carbocycles. The van der Waals surface area contributed by atoms with Crippen molar-refractivity contribution in [2.75, 3.05) is 0 Å². The van der Waals surface area contributed by atoms with Crippen molar-refractivity contribution in [3.63, 3.8) is 0 Å². The summed E-state index contributed by atoms with van der Waals surface area (Å²) in [7, 11) is 2.43. The maximum absolute atomic E-state index is 2.43. The minimum absolute atomic E-state index is 0.929. The van der Waals surface area contributed by atoms with E-state index in [0.717, 1.165) is 5.82 Å². The number of rotatable bonds is 1. The van der Waals surface area contributed by atoms with Crippen LogP contribution in [0.5, 0.6) is 0 Å². The summed E-state index contributed by atoms with van der Waals surface area (Å²) in [4.78, 5) is 0. The van der Waals surface area contributed by atoms with Gasteiger partial charge in [0.25, 0.3) is 0 Å². The van der Waals surface area contributed by atoms with Crippen LogP contribution in [0.25, 0.3) is 0 Å². The van der Waals surface area contributed by atoms with E-state index in [1.807, 2.05) is 0 Å². The number of hydrogen-bond acceptors (Lipinski definition) is 0. The first-order chi connectivity index (χ1) is 6.43. The van der Waals surface area contributed by atoms with E-state index in [4.69, 9.17) is 0 Å². The Labute approximate surface area is 84.7 Å². The van der Waals surface area contributed by atoms with Gasteiger partial charge in [0, 0.05) is 0 Å². The Hall–Kier alpha value is 0.0649. The van der Waals surface area contributed by atoms with Gasteiger partial charge >= 0.3 is 0 Å². The summed E-state index contributed by atoms with van der Waals surface area (Å²) in [6, 6.07) is 0. The molecule has 13 heavy (non-hydrogen) atoms. The highest BCUT2D eigenvalue weighted by molar-refractivity contribution is 6.35. The van der Waals surface area contributed by atoms with E-state index in [-0.39, 0.29) is 0 Å². The zero-order chi connectivity index (χ0) is 9.36. The molecule has 0 saturated heterocycles. The molecule has 0 atom stereocenters. The molecule has 0 nitrogen and oxygen atoms in total. The lowest BCUT2D eigenvalue weighted by molar-refractivity contribution is 0.581. The van der Waals surface area contributed by atoms with Gasteiger partial charge in [0.1, 0.15) is 7.28 Å². The van der Waals surface area contributed by atoms with Gasteiger partial charge in [-0.25, -0.2) is 0 Å². The fourth-order valence-corrected chi connectivity index (χ4v) is 2.35. The summed E-state index contributed by atoms with van der Waals surface area (Å²) in [5.41, 5.74) is 0. The Morgan fingerprint density at radius 3 is 1.46 bits per heavy atom. The normalized spacial score (nSPS) is 23.5. The predicted molar refractivity (Wildman–Crippen MR) is 61.5 cm³/mol. The van der Waals surface area contributed by atoms with Gasteiger partial charge in [-0.1, -0.05) is 76.8 Å². The Balaban J connectivity index is 2.18. The molecule has 0 bridgehead atoms. The Morgan fingerprint density at radius 1 is 0.692 bits per heavy atom. The largest absolute Gasteiger partial charge is 0.110 e. The van der Waals surface area contributed by atoms with Gasteiger partial charge in [-0.05, 0) is 0 Å². The fourth-order valence-electron chi connectivity index (χ4n) is 2.35. The molecule has 0 aromatic rings. The average molecular weight is 179 g/mol. The maximum atomic E-state index is 2.43. The van der Waals surface area contributed by atoms with Crippen LogP contribution in [0.3, 0.4) is 0 Å². The highest BCUT2D eigenvalue weighted by Crippen LogP contribution is 2.24. The predicted octanol–water partition coefficient (Wildman–Crippen LogP) is 4.44. The lowest BCUT2D eigenvalue weighted by Gasteiger charge is -2.12. The van der Waals surface area contributed by atoms with Crippen LogP contribution >= 0.6 is 0 Å². The zero-order valence-electron chi connectivity index (χ0n) is 9.23. The van der Waals surface area contributed by atoms with E-state index in [9.17, 15) is 0 Å². The van der Waals surface area contributed by atoms with E-state index in [1.165, 1.54) is 64.2 Å². The van der Waals surface area contributed by atoms with Crippen molar-refractivity contribution in [1.82, 2.24) is 0 Å². The van der Waals surface area contributed by atoms with Crippen molar-refractivity contribution >= 4 is 7.28 Å². The van der Waals surface area contributed by atoms with Gasteiger partial charge < -0.3 is 0 Å². The minimum atomic E-state index is 0.929. The summed E-state index contributed by atoms with van der Waals surface area (Å²) in [5, 5.41) is 0. The van der Waals surface area contributed by atoms with Crippen molar-refractivity contribution in [3.05, 3.63) is 0 Å². The van der Waals surface area contributed by atoms with Crippen molar-refractivity contribution in [1.29, 1.82) is 0 Å². The van der Waals surface area contributed by atoms with Gasteiger partial charge in [-0.3, -0.25) is 0 Å². The smallest absolute Gasteiger partial charge is 0.0917 e. The van der Waals surface area contributed by atoms with Gasteiger partial charge in [0.05, 0.1) is 0 Å². The lowest BCUT2D eigenvalue weighted by Crippen LogP contribution is -2.00. The van der Waals surface area contributed by atoms with E-state index in [0.29, 0.717) is 0 Å². The Morgan fingerprint density at radius 2 is 1.08 bits per heavy atom. The Bertz CT molecular complexity index is 99.7. The van der Waals surface area contributed by atoms with Crippen molar-refractivity contribution in [2.45, 2.75) is 76.8 Å². The van der Waals surface area contributed by atoms with Gasteiger partial charge in [0.15, 0.2) is 0 Å². The molecule has 0 aliphatic heterocycles. The summed E-state index contributed by atoms with van der Waals surface area (Å²) < 4.78 is 0. The monoisotopic (exact) mass is 179 g/mol. The molecule has 0 N–H and O–H groups in total. The molecule has 0 amide bonds. The molecule has 1 aliphatic carbocycles. The van der Waals surface area contributed by atoms with Gasteiger partial charge in [-0.15, -0.1) is 0 Å². The van der Waals surface area contributed by atoms with Crippen molar-refractivity contribution < 1.29 is 0 Å². The topological polar surface area (TPSA) is 0 Å². The minimum Gasteiger partial charge on any atom is -0.0917 e. The highest BCUT2D eigenvalue weighted by Gasteiger charge is 2.07. The zero-order valence-corrected chi connectivity index (χ0v) is 9.23. The van der Waals surface area contributed by atoms with Crippen LogP contribution in [0.4, 0.5) is 0 Å². The van der Waals surface area contributed by atoms with Crippen molar-refractivity contribution in [3.8, 4) is 0 Å². The van der Waals surface area contributed by atoms with Crippen LogP contribution < -0.4 is 0 Å². The fraction of sp³-hybridized carbons (Fsp3) is 1.00. The second-order valence-corrected chi connectivity index (χ2v) is 4.50. The molecule has 1 aliphatic rings. The van der Waals surface area contributed by atoms with Crippen LogP contribution in [-0.4, -0.2) is 7.28 Å². The first-order valence-electron chi connectivity index (χ1n) is 6.23. The van der Waals surface area contributed by atoms with E-state index >= 15 is 0 Å². The van der Waals surface area contributed by atoms with Crippen LogP contribution in [0.15, 0.2) is 0 Å². The standard InChI is InChI=1S/C12H24B/c1-13-12-10-8-6-4-2-3-5-7-9-11-12/h12H,2-11H2,1H3. The van der Waals surface area contributed by atoms with Crippen LogP contribution in [0.1, 0.15) is 64.2 Å². The molecule has 1 rings (SSSR count). The average Bonchev–Trinajstić information content (AvgIpc) is 2.22. The van der Waals surface area contributed by atoms with E-state index in [1.54, 1.807) is 0 Å². The molecule has 0 aromatic heterocycles. The third-order valence-corrected chi connectivity index (χ3v) is 3.37. The second-order valence-electron chi connectivity index (χ2n) is 4.50. The molecule has 1 radical (unpaired) electrons. The molecular formula is C12H24B. The summed E-state index contributed by atoms with van der Waals surface area (Å²) in [5.74, 6) is 0.929. The molecule has 0 unspecified atom stereocenters. The molecule has 1 heteroatoms. The quantitative estimate of drug-likeness (QED) is 0.522. The first-order valence-corrected chi connectivity index (χ1v) is 6.23. The van der Waals surface area contributed by atoms with E-state index < -0.39 is 0 Å². The van der Waals surface area contributed by atoms with Crippen LogP contribution in [-0.2, 0) is 0 Å². The van der Waals surface area contributed by atoms with Crippen LogP contribution in [0, 0.1) is 0 Å². The summed E-state index contributed by atoms with van der Waals surface area (Å²) >= 11 is 0. The first kappa shape index (κ1) is 11.1. The summed E-state index contributed by atoms with van der Waals surface area (Å²) in [6.07, 6.45) is 14.7. The summed E-state index contributed by atoms with van der Waals surface area (Å²) in [6.45, 7) is 2.24. The molecule has 75 valence electrons. The molecular weight excluding hydrogens is 155 g/mol. The molecule has 1 fully saturated rings. The lowest BCUT2D eigenvalue weighted by atomic mass is 9.63. The SMILES string of the molecule is C[B]C1CCCCCCCCCC1. The molecule has 0 heterocycles. The van der Waals surface area contributed by atoms with Gasteiger partial charge in [-0.2, -0.15) is 0 Å². The maximum Gasteiger partial charge on any atom is 0.110 e. The Kier molecular flexibility index (Phi) is 6.40. The van der Waals surface area contributed by atoms with Crippen LogP contribution in [0.2, 0.25) is 12.6 Å². The van der Waals surface area contributed by atoms with Gasteiger partial charge in [0.2, 0.25) is 0 Å². The van der Waals surface area contributed by atoms with Crippen molar-refractivity contribution in [2.24, 2.45) is 0 Å². The third-order valence-electron chi connectivity index (χ3n) is 3.37. The molecule has 0 aromatic carbocycles. The number of hydrogen-bond donors (Lipinski definition) is 0. The highest BCUT2D eigenvalue weighted by atomic mass is 14.1. The second kappa shape index (κ2) is 7.47. The molecule has 0 spiro atoms.